The van der Waals surface area contributed by atoms with Crippen LogP contribution in [0.2, 0.25) is 0 Å². The highest BCUT2D eigenvalue weighted by molar-refractivity contribution is 5.76. The minimum absolute atomic E-state index is 0.0622. The number of alkyl halides is 6. The predicted octanol–water partition coefficient (Wildman–Crippen LogP) is 2.07. The van der Waals surface area contributed by atoms with E-state index in [1.165, 1.54) is 0 Å². The third kappa shape index (κ3) is 10.8. The zero-order valence-corrected chi connectivity index (χ0v) is 17.8. The highest BCUT2D eigenvalue weighted by Crippen LogP contribution is 2.33. The topological polar surface area (TPSA) is 129 Å². The largest absolute Gasteiger partial charge is 0.490 e. The highest BCUT2D eigenvalue weighted by Gasteiger charge is 2.41. The van der Waals surface area contributed by atoms with Gasteiger partial charge < -0.3 is 25.2 Å². The number of likely N-dealkylation sites (tertiary alicyclic amines) is 1. The molecule has 0 spiro atoms. The number of nitrogens with zero attached hydrogens (tertiary/aromatic N) is 2. The van der Waals surface area contributed by atoms with Gasteiger partial charge in [-0.2, -0.15) is 26.3 Å². The molecule has 1 aromatic heterocycles. The lowest BCUT2D eigenvalue weighted by Crippen LogP contribution is -2.28. The summed E-state index contributed by atoms with van der Waals surface area (Å²) >= 11 is 0. The summed E-state index contributed by atoms with van der Waals surface area (Å²) in [6, 6.07) is 3.83. The molecular formula is C19H23F6N3O6. The van der Waals surface area contributed by atoms with Crippen LogP contribution >= 0.6 is 0 Å². The Kier molecular flexibility index (Phi) is 10.7. The van der Waals surface area contributed by atoms with Crippen LogP contribution in [0.1, 0.15) is 18.4 Å². The van der Waals surface area contributed by atoms with E-state index in [1.807, 2.05) is 12.1 Å². The quantitative estimate of drug-likeness (QED) is 0.533. The third-order valence-corrected chi connectivity index (χ3v) is 4.61. The monoisotopic (exact) mass is 503 g/mol. The molecule has 9 nitrogen and oxygen atoms in total. The van der Waals surface area contributed by atoms with Crippen LogP contribution in [-0.2, 0) is 25.7 Å². The number of hydrogen-bond donors (Lipinski definition) is 3. The fourth-order valence-electron chi connectivity index (χ4n) is 3.18. The molecular weight excluding hydrogens is 480 g/mol. The molecule has 2 aliphatic rings. The second-order valence-electron chi connectivity index (χ2n) is 7.46. The van der Waals surface area contributed by atoms with Crippen molar-refractivity contribution in [1.82, 2.24) is 15.2 Å². The SMILES string of the molecule is CN1C[C@@H]2C[C@@H](CC(=O)NCc3cccnc3)O[C@@H]2C1.O=C(O)C(F)(F)F.O=C(O)C(F)(F)F. The van der Waals surface area contributed by atoms with Crippen molar-refractivity contribution in [2.45, 2.75) is 43.9 Å². The van der Waals surface area contributed by atoms with E-state index in [4.69, 9.17) is 24.5 Å². The second kappa shape index (κ2) is 12.5. The number of rotatable bonds is 4. The lowest BCUT2D eigenvalue weighted by Gasteiger charge is -2.15. The number of halogens is 6. The molecule has 1 aromatic rings. The first-order valence-electron chi connectivity index (χ1n) is 9.69. The Morgan fingerprint density at radius 3 is 2.12 bits per heavy atom. The summed E-state index contributed by atoms with van der Waals surface area (Å²) in [4.78, 5) is 36.1. The number of aliphatic carboxylic acids is 2. The van der Waals surface area contributed by atoms with Crippen LogP contribution in [0.5, 0.6) is 0 Å². The van der Waals surface area contributed by atoms with Crippen molar-refractivity contribution in [2.75, 3.05) is 20.1 Å². The van der Waals surface area contributed by atoms with E-state index in [0.29, 0.717) is 25.0 Å². The number of carbonyl (C=O) groups excluding carboxylic acids is 1. The Morgan fingerprint density at radius 1 is 1.12 bits per heavy atom. The van der Waals surface area contributed by atoms with E-state index in [1.54, 1.807) is 12.4 Å². The zero-order valence-electron chi connectivity index (χ0n) is 17.8. The third-order valence-electron chi connectivity index (χ3n) is 4.61. The van der Waals surface area contributed by atoms with Crippen molar-refractivity contribution in [1.29, 1.82) is 0 Å². The number of ether oxygens (including phenoxy) is 1. The molecule has 3 heterocycles. The van der Waals surface area contributed by atoms with Crippen LogP contribution in [-0.4, -0.2) is 82.6 Å². The van der Waals surface area contributed by atoms with Gasteiger partial charge in [0.15, 0.2) is 0 Å². The molecule has 0 radical (unpaired) electrons. The molecule has 2 fully saturated rings. The van der Waals surface area contributed by atoms with Crippen molar-refractivity contribution in [3.8, 4) is 0 Å². The molecule has 3 atom stereocenters. The lowest BCUT2D eigenvalue weighted by molar-refractivity contribution is -0.193. The maximum Gasteiger partial charge on any atom is 0.490 e. The fraction of sp³-hybridized carbons (Fsp3) is 0.579. The smallest absolute Gasteiger partial charge is 0.475 e. The average molecular weight is 503 g/mol. The standard InChI is InChI=1S/C15H21N3O2.2C2HF3O2/c1-18-9-12-5-13(20-14(12)10-18)6-15(19)17-8-11-3-2-4-16-7-11;2*3-2(4,5)1(6)7/h2-4,7,12-14H,5-6,8-10H2,1H3,(H,17,19);2*(H,6,7)/t12-,13-,14+;;/m0../s1. The van der Waals surface area contributed by atoms with E-state index >= 15 is 0 Å². The number of hydrogen-bond acceptors (Lipinski definition) is 6. The van der Waals surface area contributed by atoms with Gasteiger partial charge in [-0.05, 0) is 25.1 Å². The fourth-order valence-corrected chi connectivity index (χ4v) is 3.18. The number of pyridine rings is 1. The Hall–Kier alpha value is -2.94. The second-order valence-corrected chi connectivity index (χ2v) is 7.46. The van der Waals surface area contributed by atoms with E-state index in [2.05, 4.69) is 22.2 Å². The summed E-state index contributed by atoms with van der Waals surface area (Å²) in [5, 5.41) is 17.2. The predicted molar refractivity (Wildman–Crippen MR) is 102 cm³/mol. The van der Waals surface area contributed by atoms with Gasteiger partial charge in [0, 0.05) is 37.9 Å². The first-order valence-corrected chi connectivity index (χ1v) is 9.69. The van der Waals surface area contributed by atoms with Gasteiger partial charge in [0.2, 0.25) is 5.91 Å². The van der Waals surface area contributed by atoms with Crippen molar-refractivity contribution >= 4 is 17.8 Å². The van der Waals surface area contributed by atoms with Gasteiger partial charge >= 0.3 is 24.3 Å². The number of likely N-dealkylation sites (N-methyl/N-ethyl adjacent to an activating group) is 1. The summed E-state index contributed by atoms with van der Waals surface area (Å²) in [7, 11) is 2.12. The summed E-state index contributed by atoms with van der Waals surface area (Å²) in [5.41, 5.74) is 1.02. The Morgan fingerprint density at radius 2 is 1.68 bits per heavy atom. The number of carboxylic acid groups (broad SMARTS) is 2. The number of amides is 1. The van der Waals surface area contributed by atoms with Crippen molar-refractivity contribution in [3.05, 3.63) is 30.1 Å². The molecule has 15 heteroatoms. The van der Waals surface area contributed by atoms with Crippen LogP contribution in [0.15, 0.2) is 24.5 Å². The van der Waals surface area contributed by atoms with Crippen molar-refractivity contribution in [2.24, 2.45) is 5.92 Å². The maximum absolute atomic E-state index is 11.9. The first kappa shape index (κ1) is 29.1. The summed E-state index contributed by atoms with van der Waals surface area (Å²) < 4.78 is 69.4. The van der Waals surface area contributed by atoms with Crippen LogP contribution < -0.4 is 5.32 Å². The number of carbonyl (C=O) groups is 3. The van der Waals surface area contributed by atoms with Gasteiger partial charge in [0.1, 0.15) is 0 Å². The van der Waals surface area contributed by atoms with E-state index < -0.39 is 24.3 Å². The number of fused-ring (bicyclic) bond motifs is 1. The van der Waals surface area contributed by atoms with E-state index in [-0.39, 0.29) is 12.0 Å². The van der Waals surface area contributed by atoms with E-state index in [9.17, 15) is 31.1 Å². The molecule has 0 unspecified atom stereocenters. The maximum atomic E-state index is 11.9. The van der Waals surface area contributed by atoms with Crippen LogP contribution in [0.3, 0.4) is 0 Å². The summed E-state index contributed by atoms with van der Waals surface area (Å²) in [6.45, 7) is 2.63. The van der Waals surface area contributed by atoms with Crippen molar-refractivity contribution in [3.63, 3.8) is 0 Å². The van der Waals surface area contributed by atoms with Gasteiger partial charge in [-0.25, -0.2) is 9.59 Å². The van der Waals surface area contributed by atoms with Crippen molar-refractivity contribution < 1.29 is 55.7 Å². The molecule has 0 bridgehead atoms. The zero-order chi connectivity index (χ0) is 26.1. The molecule has 3 N–H and O–H groups in total. The minimum atomic E-state index is -5.08. The molecule has 1 amide bonds. The van der Waals surface area contributed by atoms with E-state index in [0.717, 1.165) is 25.1 Å². The number of nitrogens with one attached hydrogen (secondary N) is 1. The summed E-state index contributed by atoms with van der Waals surface area (Å²) in [5.74, 6) is -4.84. The van der Waals surface area contributed by atoms with Gasteiger partial charge in [-0.15, -0.1) is 0 Å². The van der Waals surface area contributed by atoms with Gasteiger partial charge in [0.05, 0.1) is 18.6 Å². The molecule has 0 saturated carbocycles. The van der Waals surface area contributed by atoms with Gasteiger partial charge in [-0.3, -0.25) is 9.78 Å². The molecule has 2 saturated heterocycles. The van der Waals surface area contributed by atoms with Crippen LogP contribution in [0.4, 0.5) is 26.3 Å². The Bertz CT molecular complexity index is 783. The molecule has 34 heavy (non-hydrogen) atoms. The van der Waals surface area contributed by atoms with Crippen LogP contribution in [0.25, 0.3) is 0 Å². The molecule has 3 rings (SSSR count). The normalized spacial score (nSPS) is 21.9. The molecule has 192 valence electrons. The van der Waals surface area contributed by atoms with Gasteiger partial charge in [-0.1, -0.05) is 6.07 Å². The Labute approximate surface area is 189 Å². The first-order chi connectivity index (χ1) is 15.6. The Balaban J connectivity index is 0.000000343. The van der Waals surface area contributed by atoms with Crippen LogP contribution in [0, 0.1) is 5.92 Å². The molecule has 2 aliphatic heterocycles. The highest BCUT2D eigenvalue weighted by atomic mass is 19.4. The lowest BCUT2D eigenvalue weighted by atomic mass is 10.0. The average Bonchev–Trinajstić information content (AvgIpc) is 3.23. The number of aromatic nitrogens is 1. The molecule has 0 aromatic carbocycles. The molecule has 0 aliphatic carbocycles. The van der Waals surface area contributed by atoms with Gasteiger partial charge in [0.25, 0.3) is 0 Å². The summed E-state index contributed by atoms with van der Waals surface area (Å²) in [6.07, 6.45) is -4.77. The number of carboxylic acids is 2. The minimum Gasteiger partial charge on any atom is -0.475 e.